The molecule has 0 bridgehead atoms. The molecule has 1 amide bonds. The summed E-state index contributed by atoms with van der Waals surface area (Å²) in [5.41, 5.74) is 0.566. The number of benzene rings is 1. The minimum absolute atomic E-state index is 0.0766. The highest BCUT2D eigenvalue weighted by molar-refractivity contribution is 6.31. The summed E-state index contributed by atoms with van der Waals surface area (Å²) in [4.78, 5) is 19.3. The minimum atomic E-state index is -0.246. The Labute approximate surface area is 160 Å². The number of amides is 1. The zero-order valence-electron chi connectivity index (χ0n) is 15.6. The smallest absolute Gasteiger partial charge is 0.239 e. The first-order chi connectivity index (χ1) is 12.6. The van der Waals surface area contributed by atoms with Gasteiger partial charge in [-0.05, 0) is 31.9 Å². The number of likely N-dealkylation sites (tertiary alicyclic amines) is 1. The van der Waals surface area contributed by atoms with Gasteiger partial charge in [-0.1, -0.05) is 30.5 Å². The van der Waals surface area contributed by atoms with E-state index in [1.54, 1.807) is 12.1 Å². The maximum Gasteiger partial charge on any atom is 0.239 e. The molecule has 2 fully saturated rings. The normalized spacial score (nSPS) is 21.4. The maximum absolute atomic E-state index is 14.0. The van der Waals surface area contributed by atoms with Crippen molar-refractivity contribution >= 4 is 17.5 Å². The third-order valence-corrected chi connectivity index (χ3v) is 6.03. The van der Waals surface area contributed by atoms with Crippen molar-refractivity contribution in [2.24, 2.45) is 0 Å². The van der Waals surface area contributed by atoms with Gasteiger partial charge in [-0.3, -0.25) is 14.6 Å². The van der Waals surface area contributed by atoms with Crippen molar-refractivity contribution in [3.8, 4) is 0 Å². The lowest BCUT2D eigenvalue weighted by atomic mass is 10.1. The standard InChI is InChI=1S/C20H29ClFN3O/c1-16(20(26)25-9-4-2-3-5-10-25)24-13-11-23(12-14-24)15-17-18(21)7-6-8-19(17)22/h6-8,16H,2-5,9-15H2,1H3. The number of piperazine rings is 1. The largest absolute Gasteiger partial charge is 0.341 e. The first kappa shape index (κ1) is 19.6. The molecule has 144 valence electrons. The number of nitrogens with zero attached hydrogens (tertiary/aromatic N) is 3. The number of halogens is 2. The summed E-state index contributed by atoms with van der Waals surface area (Å²) in [6.45, 7) is 7.64. The highest BCUT2D eigenvalue weighted by Gasteiger charge is 2.29. The molecule has 26 heavy (non-hydrogen) atoms. The van der Waals surface area contributed by atoms with Crippen LogP contribution in [0.25, 0.3) is 0 Å². The van der Waals surface area contributed by atoms with Gasteiger partial charge in [0.05, 0.1) is 6.04 Å². The second kappa shape index (κ2) is 9.16. The van der Waals surface area contributed by atoms with E-state index in [2.05, 4.69) is 9.80 Å². The zero-order valence-corrected chi connectivity index (χ0v) is 16.3. The Morgan fingerprint density at radius 3 is 2.35 bits per heavy atom. The van der Waals surface area contributed by atoms with E-state index in [9.17, 15) is 9.18 Å². The zero-order chi connectivity index (χ0) is 18.5. The first-order valence-electron chi connectivity index (χ1n) is 9.74. The summed E-state index contributed by atoms with van der Waals surface area (Å²) in [5, 5.41) is 0.483. The molecule has 3 rings (SSSR count). The van der Waals surface area contributed by atoms with Crippen molar-refractivity contribution in [2.45, 2.75) is 45.2 Å². The van der Waals surface area contributed by atoms with Crippen LogP contribution >= 0.6 is 11.6 Å². The van der Waals surface area contributed by atoms with Crippen molar-refractivity contribution in [1.82, 2.24) is 14.7 Å². The average molecular weight is 382 g/mol. The van der Waals surface area contributed by atoms with Gasteiger partial charge in [0.25, 0.3) is 0 Å². The summed E-state index contributed by atoms with van der Waals surface area (Å²) in [7, 11) is 0. The summed E-state index contributed by atoms with van der Waals surface area (Å²) in [6, 6.07) is 4.75. The number of carbonyl (C=O) groups is 1. The SMILES string of the molecule is CC(C(=O)N1CCCCCC1)N1CCN(Cc2c(F)cccc2Cl)CC1. The number of rotatable bonds is 4. The van der Waals surface area contributed by atoms with E-state index in [-0.39, 0.29) is 17.8 Å². The minimum Gasteiger partial charge on any atom is -0.341 e. The summed E-state index contributed by atoms with van der Waals surface area (Å²) in [5.74, 6) is 0.0159. The molecular formula is C20H29ClFN3O. The molecule has 2 saturated heterocycles. The Kier molecular flexibility index (Phi) is 6.90. The number of hydrogen-bond donors (Lipinski definition) is 0. The Balaban J connectivity index is 1.52. The summed E-state index contributed by atoms with van der Waals surface area (Å²) >= 11 is 6.14. The molecule has 2 heterocycles. The maximum atomic E-state index is 14.0. The van der Waals surface area contributed by atoms with Crippen LogP contribution in [0.5, 0.6) is 0 Å². The first-order valence-corrected chi connectivity index (χ1v) is 10.1. The molecule has 0 aliphatic carbocycles. The van der Waals surface area contributed by atoms with E-state index < -0.39 is 0 Å². The van der Waals surface area contributed by atoms with Crippen molar-refractivity contribution in [1.29, 1.82) is 0 Å². The molecule has 0 aromatic heterocycles. The third kappa shape index (κ3) is 4.76. The van der Waals surface area contributed by atoms with E-state index in [1.807, 2.05) is 11.8 Å². The van der Waals surface area contributed by atoms with E-state index in [0.717, 1.165) is 52.1 Å². The molecule has 0 radical (unpaired) electrons. The Morgan fingerprint density at radius 1 is 1.08 bits per heavy atom. The fourth-order valence-electron chi connectivity index (χ4n) is 3.93. The highest BCUT2D eigenvalue weighted by atomic mass is 35.5. The second-order valence-corrected chi connectivity index (χ2v) is 7.84. The van der Waals surface area contributed by atoms with Gasteiger partial charge in [0.15, 0.2) is 0 Å². The molecule has 2 aliphatic rings. The fraction of sp³-hybridized carbons (Fsp3) is 0.650. The molecule has 1 aromatic rings. The van der Waals surface area contributed by atoms with Gasteiger partial charge in [0.1, 0.15) is 5.82 Å². The highest BCUT2D eigenvalue weighted by Crippen LogP contribution is 2.22. The predicted molar refractivity (Wildman–Crippen MR) is 103 cm³/mol. The van der Waals surface area contributed by atoms with Crippen LogP contribution in [-0.2, 0) is 11.3 Å². The van der Waals surface area contributed by atoms with E-state index in [0.29, 0.717) is 17.1 Å². The fourth-order valence-corrected chi connectivity index (χ4v) is 4.15. The van der Waals surface area contributed by atoms with Crippen LogP contribution in [0.4, 0.5) is 4.39 Å². The molecular weight excluding hydrogens is 353 g/mol. The van der Waals surface area contributed by atoms with E-state index >= 15 is 0 Å². The molecule has 2 aliphatic heterocycles. The van der Waals surface area contributed by atoms with Crippen LogP contribution < -0.4 is 0 Å². The van der Waals surface area contributed by atoms with Crippen molar-refractivity contribution in [3.63, 3.8) is 0 Å². The topological polar surface area (TPSA) is 26.8 Å². The monoisotopic (exact) mass is 381 g/mol. The number of carbonyl (C=O) groups excluding carboxylic acids is 1. The molecule has 0 saturated carbocycles. The Hall–Kier alpha value is -1.17. The van der Waals surface area contributed by atoms with Crippen LogP contribution in [0.15, 0.2) is 18.2 Å². The Morgan fingerprint density at radius 2 is 1.73 bits per heavy atom. The lowest BCUT2D eigenvalue weighted by Gasteiger charge is -2.39. The predicted octanol–water partition coefficient (Wildman–Crippen LogP) is 3.39. The second-order valence-electron chi connectivity index (χ2n) is 7.43. The molecule has 1 atom stereocenters. The van der Waals surface area contributed by atoms with Gasteiger partial charge in [-0.25, -0.2) is 4.39 Å². The van der Waals surface area contributed by atoms with Crippen LogP contribution in [-0.4, -0.2) is 65.9 Å². The van der Waals surface area contributed by atoms with E-state index in [4.69, 9.17) is 11.6 Å². The molecule has 0 spiro atoms. The van der Waals surface area contributed by atoms with Crippen molar-refractivity contribution in [2.75, 3.05) is 39.3 Å². The van der Waals surface area contributed by atoms with Crippen molar-refractivity contribution in [3.05, 3.63) is 34.6 Å². The third-order valence-electron chi connectivity index (χ3n) is 5.67. The molecule has 1 unspecified atom stereocenters. The molecule has 6 heteroatoms. The van der Waals surface area contributed by atoms with Crippen LogP contribution in [0.3, 0.4) is 0 Å². The van der Waals surface area contributed by atoms with Crippen LogP contribution in [0.1, 0.15) is 38.2 Å². The summed E-state index contributed by atoms with van der Waals surface area (Å²) in [6.07, 6.45) is 4.70. The van der Waals surface area contributed by atoms with Gasteiger partial charge in [-0.15, -0.1) is 0 Å². The molecule has 1 aromatic carbocycles. The average Bonchev–Trinajstić information content (AvgIpc) is 2.94. The van der Waals surface area contributed by atoms with Gasteiger partial charge in [-0.2, -0.15) is 0 Å². The van der Waals surface area contributed by atoms with Crippen molar-refractivity contribution < 1.29 is 9.18 Å². The molecule has 4 nitrogen and oxygen atoms in total. The van der Waals surface area contributed by atoms with E-state index in [1.165, 1.54) is 18.9 Å². The van der Waals surface area contributed by atoms with Gasteiger partial charge < -0.3 is 4.90 Å². The Bertz CT molecular complexity index is 591. The van der Waals surface area contributed by atoms with Gasteiger partial charge in [0, 0.05) is 56.4 Å². The van der Waals surface area contributed by atoms with Crippen LogP contribution in [0.2, 0.25) is 5.02 Å². The number of hydrogen-bond acceptors (Lipinski definition) is 3. The van der Waals surface area contributed by atoms with Gasteiger partial charge in [0.2, 0.25) is 5.91 Å². The molecule has 0 N–H and O–H groups in total. The van der Waals surface area contributed by atoms with Gasteiger partial charge >= 0.3 is 0 Å². The lowest BCUT2D eigenvalue weighted by molar-refractivity contribution is -0.137. The quantitative estimate of drug-likeness (QED) is 0.799. The van der Waals surface area contributed by atoms with Crippen LogP contribution in [0, 0.1) is 5.82 Å². The summed E-state index contributed by atoms with van der Waals surface area (Å²) < 4.78 is 14.0. The lowest BCUT2D eigenvalue weighted by Crippen LogP contribution is -2.54.